The second-order valence-electron chi connectivity index (χ2n) is 31.9. The molecule has 4 fully saturated rings. The Labute approximate surface area is 698 Å². The fourth-order valence-electron chi connectivity index (χ4n) is 14.8. The monoisotopic (exact) mass is 1850 g/mol. The van der Waals surface area contributed by atoms with Gasteiger partial charge in [-0.3, -0.25) is 24.7 Å². The number of nitrogens with zero attached hydrogens (tertiary/aromatic N) is 5. The number of phenolic OH excluding ortho intramolecular Hbond substituents is 1. The van der Waals surface area contributed by atoms with Gasteiger partial charge in [0.25, 0.3) is 5.70 Å². The number of fused-ring (bicyclic) bond motifs is 10. The number of piperazine rings is 2. The summed E-state index contributed by atoms with van der Waals surface area (Å²) in [5.74, 6) is 6.86. The molecule has 600 valence electrons. The van der Waals surface area contributed by atoms with Gasteiger partial charge in [0.1, 0.15) is 71.3 Å². The predicted molar refractivity (Wildman–Crippen MR) is 454 cm³/mol. The maximum absolute atomic E-state index is 12.6. The zero-order valence-corrected chi connectivity index (χ0v) is 72.5. The molecule has 7 N–H and O–H groups in total. The first-order valence-corrected chi connectivity index (χ1v) is 42.0. The van der Waals surface area contributed by atoms with E-state index in [1.807, 2.05) is 87.7 Å². The average molecular weight is 1860 g/mol. The van der Waals surface area contributed by atoms with E-state index in [0.717, 1.165) is 154 Å². The van der Waals surface area contributed by atoms with Crippen LogP contribution in [0.15, 0.2) is 155 Å². The number of benzene rings is 7. The van der Waals surface area contributed by atoms with E-state index >= 15 is 0 Å². The van der Waals surface area contributed by atoms with Crippen molar-refractivity contribution in [1.82, 2.24) is 9.80 Å². The molecule has 112 heavy (non-hydrogen) atoms. The van der Waals surface area contributed by atoms with Crippen LogP contribution in [0.1, 0.15) is 125 Å². The molecule has 9 unspecified atom stereocenters. The highest BCUT2D eigenvalue weighted by molar-refractivity contribution is 9.11. The van der Waals surface area contributed by atoms with Gasteiger partial charge in [0.2, 0.25) is 0 Å². The van der Waals surface area contributed by atoms with E-state index in [1.165, 1.54) is 51.3 Å². The van der Waals surface area contributed by atoms with Crippen molar-refractivity contribution < 1.29 is 62.3 Å². The molecule has 9 atom stereocenters. The molecule has 17 rings (SSSR count). The van der Waals surface area contributed by atoms with Crippen LogP contribution in [-0.4, -0.2) is 158 Å². The van der Waals surface area contributed by atoms with E-state index in [1.54, 1.807) is 24.3 Å². The minimum atomic E-state index is -0.454. The second kappa shape index (κ2) is 38.2. The van der Waals surface area contributed by atoms with Crippen LogP contribution in [0.2, 0.25) is 0 Å². The van der Waals surface area contributed by atoms with Crippen LogP contribution in [0.4, 0.5) is 21.0 Å². The van der Waals surface area contributed by atoms with Gasteiger partial charge < -0.3 is 70.0 Å². The second-order valence-corrected chi connectivity index (χ2v) is 36.5. The van der Waals surface area contributed by atoms with Crippen LogP contribution in [0, 0.1) is 22.0 Å². The third-order valence-electron chi connectivity index (χ3n) is 20.1. The molecule has 10 aliphatic rings. The van der Waals surface area contributed by atoms with Gasteiger partial charge in [-0.2, -0.15) is 0 Å². The molecule has 7 aromatic rings. The minimum absolute atomic E-state index is 0.00405. The normalized spacial score (nSPS) is 22.3. The summed E-state index contributed by atoms with van der Waals surface area (Å²) in [5, 5.41) is 19.5. The number of anilines is 2. The molecular formula is C85H101Br5N8O14. The number of hydrogen-bond acceptors (Lipinski definition) is 19. The smallest absolute Gasteiger partial charge is 0.410 e. The lowest BCUT2D eigenvalue weighted by atomic mass is 9.98. The summed E-state index contributed by atoms with van der Waals surface area (Å²) in [4.78, 5) is 54.2. The summed E-state index contributed by atoms with van der Waals surface area (Å²) in [7, 11) is 0. The van der Waals surface area contributed by atoms with Crippen LogP contribution in [0.25, 0.3) is 6.08 Å². The van der Waals surface area contributed by atoms with E-state index in [4.69, 9.17) is 60.2 Å². The van der Waals surface area contributed by atoms with Gasteiger partial charge in [-0.15, -0.1) is 0 Å². The highest BCUT2D eigenvalue weighted by Gasteiger charge is 2.46. The van der Waals surface area contributed by atoms with E-state index in [9.17, 15) is 24.5 Å². The summed E-state index contributed by atoms with van der Waals surface area (Å²) in [6.45, 7) is 22.9. The van der Waals surface area contributed by atoms with E-state index in [2.05, 4.69) is 164 Å². The van der Waals surface area contributed by atoms with E-state index in [-0.39, 0.29) is 72.5 Å². The third-order valence-corrected chi connectivity index (χ3v) is 22.6. The summed E-state index contributed by atoms with van der Waals surface area (Å²) >= 11 is 16.7. The van der Waals surface area contributed by atoms with Crippen LogP contribution in [-0.2, 0) is 41.6 Å². The van der Waals surface area contributed by atoms with Crippen LogP contribution >= 0.6 is 79.6 Å². The predicted octanol–water partition coefficient (Wildman–Crippen LogP) is 17.3. The number of ether oxygens (including phenoxy) is 8. The number of nitro groups is 1. The Morgan fingerprint density at radius 1 is 0.473 bits per heavy atom. The van der Waals surface area contributed by atoms with Crippen molar-refractivity contribution in [3.63, 3.8) is 0 Å². The zero-order chi connectivity index (χ0) is 80.3. The Bertz CT molecular complexity index is 4230. The number of aldehydes is 1. The van der Waals surface area contributed by atoms with E-state index < -0.39 is 16.1 Å². The first kappa shape index (κ1) is 85.3. The molecule has 10 heterocycles. The number of aromatic hydroxyl groups is 1. The van der Waals surface area contributed by atoms with Crippen molar-refractivity contribution in [3.8, 4) is 40.2 Å². The summed E-state index contributed by atoms with van der Waals surface area (Å²) in [5.41, 5.74) is 26.3. The van der Waals surface area contributed by atoms with Crippen molar-refractivity contribution in [2.75, 3.05) is 75.6 Å². The van der Waals surface area contributed by atoms with Crippen molar-refractivity contribution in [1.29, 1.82) is 0 Å². The molecule has 4 saturated heterocycles. The molecule has 4 bridgehead atoms. The third kappa shape index (κ3) is 23.5. The molecule has 0 saturated carbocycles. The molecule has 2 amide bonds. The van der Waals surface area contributed by atoms with E-state index in [0.29, 0.717) is 49.3 Å². The Morgan fingerprint density at radius 2 is 0.804 bits per heavy atom. The molecule has 0 aromatic heterocycles. The molecule has 10 aliphatic heterocycles. The fraction of sp³-hybridized carbons (Fsp3) is 0.447. The molecule has 0 radical (unpaired) electrons. The number of carbonyl (C=O) groups is 3. The summed E-state index contributed by atoms with van der Waals surface area (Å²) < 4.78 is 49.6. The van der Waals surface area contributed by atoms with Crippen molar-refractivity contribution in [2.45, 2.75) is 167 Å². The average Bonchev–Trinajstić information content (AvgIpc) is 1.58. The quantitative estimate of drug-likeness (QED) is 0.0724. The Kier molecular flexibility index (Phi) is 29.1. The van der Waals surface area contributed by atoms with Gasteiger partial charge in [-0.05, 0) is 224 Å². The molecule has 7 aromatic carbocycles. The van der Waals surface area contributed by atoms with Gasteiger partial charge >= 0.3 is 12.2 Å². The van der Waals surface area contributed by atoms with Gasteiger partial charge in [-0.25, -0.2) is 9.59 Å². The van der Waals surface area contributed by atoms with Crippen molar-refractivity contribution in [2.24, 2.45) is 29.0 Å². The van der Waals surface area contributed by atoms with Gasteiger partial charge in [0.15, 0.2) is 12.9 Å². The topological polar surface area (TPSA) is 279 Å². The Balaban J connectivity index is 0.000000134. The maximum Gasteiger partial charge on any atom is 0.410 e. The molecule has 27 heteroatoms. The first-order chi connectivity index (χ1) is 53.3. The lowest BCUT2D eigenvalue weighted by molar-refractivity contribution is -0.427. The lowest BCUT2D eigenvalue weighted by Crippen LogP contribution is -2.56. The zero-order valence-electron chi connectivity index (χ0n) is 64.5. The lowest BCUT2D eigenvalue weighted by Gasteiger charge is -2.42. The number of nitrogens with two attached hydrogens (primary N) is 3. The molecule has 22 nitrogen and oxygen atoms in total. The molecule has 0 aliphatic carbocycles. The number of halogens is 5. The summed E-state index contributed by atoms with van der Waals surface area (Å²) in [6.07, 6.45) is 10.9. The van der Waals surface area contributed by atoms with Crippen LogP contribution in [0.5, 0.6) is 40.2 Å². The maximum atomic E-state index is 12.6. The van der Waals surface area contributed by atoms with Crippen LogP contribution < -0.4 is 55.4 Å². The van der Waals surface area contributed by atoms with Crippen LogP contribution in [0.3, 0.4) is 0 Å². The number of amides is 2. The number of rotatable bonds is 4. The Hall–Kier alpha value is -7.63. The first-order valence-electron chi connectivity index (χ1n) is 38.0. The fourth-order valence-corrected chi connectivity index (χ4v) is 16.5. The number of carbonyl (C=O) groups excluding carboxylic acids is 3. The molecule has 0 spiro atoms. The minimum Gasteiger partial charge on any atom is -0.507 e. The van der Waals surface area contributed by atoms with Gasteiger partial charge in [-0.1, -0.05) is 124 Å². The number of phenols is 1. The molecular weight excluding hydrogens is 1760 g/mol. The van der Waals surface area contributed by atoms with Crippen molar-refractivity contribution in [3.05, 3.63) is 205 Å². The van der Waals surface area contributed by atoms with Gasteiger partial charge in [0.05, 0.1) is 47.9 Å². The highest BCUT2D eigenvalue weighted by atomic mass is 79.9. The number of hydrogen-bond donors (Lipinski definition) is 4. The highest BCUT2D eigenvalue weighted by Crippen LogP contribution is 2.41. The SMILES string of the molecule is CC(C)(C)OC(=O)N1C2CCC1CN(c1ccc3c(c1)OCC(N)C3)C2.CC1COc2cc(Br)ccc2C1.CC1COc2cc(N3CC4CCC(C3)N4C(=O)OC(C)(C)C)ccc2C1.NC1COc2cc(Br)ccc2C1.NC1COc2cc(Br)ccc2C1.O=Cc1ccc(Br)cc1O.O=[N+]([O-])C1=Cc2ccc(Br)cc2OC1. The largest absolute Gasteiger partial charge is 0.507 e. The van der Waals surface area contributed by atoms with Crippen molar-refractivity contribution >= 4 is 116 Å². The Morgan fingerprint density at radius 3 is 1.17 bits per heavy atom. The summed E-state index contributed by atoms with van der Waals surface area (Å²) in [6, 6.07) is 42.8. The standard InChI is InChI=1S/C21H30N2O3.C20H29N3O3.C10H11BrO.C9H6BrNO3.2C9H10BrNO.C7H5BrO2/c1-14-9-15-5-6-16(10-19(15)25-13-14)22-11-17-7-8-18(12-22)23(17)20(24)26-21(2,3)4;1-20(2,3)26-19(24)23-16-6-7-17(23)11-22(10-16)15-5-4-13-8-14(21)12-25-18(13)9-15;1-7-4-8-2-3-9(11)5-10(8)12-6-7;10-7-2-1-6-3-8(11(12)13)5-14-9(6)4-7;2*10-7-2-1-6-3-8(11)5-12-9(6)4-7;8-6-2-1-5(4-9)7(10)3-6/h5-6,10,14,17-18H,7-9,11-13H2,1-4H3;4-5,9,14,16-17H,6-8,10-12,21H2,1-3H3;2-3,5,7H,4,6H2,1H3;1-4H,5H2;2*1-2,4,8H,3,5,11H2;1-4,10H. The van der Waals surface area contributed by atoms with Gasteiger partial charge in [0, 0.05) is 102 Å².